The van der Waals surface area contributed by atoms with E-state index in [1.165, 1.54) is 4.90 Å². The molecule has 0 radical (unpaired) electrons. The molecule has 1 spiro atoms. The van der Waals surface area contributed by atoms with Gasteiger partial charge >= 0.3 is 18.0 Å². The van der Waals surface area contributed by atoms with Gasteiger partial charge in [0.15, 0.2) is 0 Å². The van der Waals surface area contributed by atoms with Crippen molar-refractivity contribution in [2.75, 3.05) is 19.7 Å². The molecule has 0 bridgehead atoms. The number of hydrogen-bond acceptors (Lipinski definition) is 5. The second kappa shape index (κ2) is 10.1. The number of nitrogens with zero attached hydrogens (tertiary/aromatic N) is 1. The molecule has 9 nitrogen and oxygen atoms in total. The third-order valence-electron chi connectivity index (χ3n) is 6.48. The summed E-state index contributed by atoms with van der Waals surface area (Å²) in [4.78, 5) is 50.1. The molecule has 0 aromatic carbocycles. The Labute approximate surface area is 177 Å². The van der Waals surface area contributed by atoms with Gasteiger partial charge in [0.2, 0.25) is 0 Å². The first-order chi connectivity index (χ1) is 14.4. The Hall–Kier alpha value is -2.32. The van der Waals surface area contributed by atoms with Gasteiger partial charge in [0, 0.05) is 19.1 Å². The summed E-state index contributed by atoms with van der Waals surface area (Å²) in [6, 6.07) is -0.520. The fraction of sp³-hybridized carbons (Fsp3) is 0.810. The van der Waals surface area contributed by atoms with E-state index in [1.54, 1.807) is 6.92 Å². The SMILES string of the molecule is CCOC(=O)C1CCC(NC(=O)NCCCN2C(=O)NC3(CCCCC3)C2=O)CC1. The molecule has 1 aliphatic heterocycles. The van der Waals surface area contributed by atoms with Crippen LogP contribution in [0.5, 0.6) is 0 Å². The lowest BCUT2D eigenvalue weighted by Crippen LogP contribution is -2.48. The Bertz CT molecular complexity index is 654. The highest BCUT2D eigenvalue weighted by atomic mass is 16.5. The molecule has 2 aliphatic carbocycles. The normalized spacial score (nSPS) is 25.7. The van der Waals surface area contributed by atoms with Crippen molar-refractivity contribution in [3.63, 3.8) is 0 Å². The number of carbonyl (C=O) groups is 4. The summed E-state index contributed by atoms with van der Waals surface area (Å²) in [7, 11) is 0. The largest absolute Gasteiger partial charge is 0.466 e. The predicted octanol–water partition coefficient (Wildman–Crippen LogP) is 2.05. The summed E-state index contributed by atoms with van der Waals surface area (Å²) in [5, 5.41) is 8.64. The van der Waals surface area contributed by atoms with Crippen LogP contribution in [0.3, 0.4) is 0 Å². The Kier molecular flexibility index (Phi) is 7.55. The fourth-order valence-electron chi connectivity index (χ4n) is 4.78. The number of urea groups is 2. The van der Waals surface area contributed by atoms with Crippen LogP contribution in [0.15, 0.2) is 0 Å². The molecule has 3 aliphatic rings. The van der Waals surface area contributed by atoms with Crippen LogP contribution in [0.25, 0.3) is 0 Å². The number of carbonyl (C=O) groups excluding carboxylic acids is 4. The second-order valence-electron chi connectivity index (χ2n) is 8.58. The van der Waals surface area contributed by atoms with Crippen LogP contribution in [-0.4, -0.2) is 60.1 Å². The van der Waals surface area contributed by atoms with Gasteiger partial charge in [-0.15, -0.1) is 0 Å². The molecule has 168 valence electrons. The third-order valence-corrected chi connectivity index (χ3v) is 6.48. The molecule has 0 aromatic heterocycles. The van der Waals surface area contributed by atoms with Gasteiger partial charge in [-0.1, -0.05) is 19.3 Å². The average molecular weight is 423 g/mol. The van der Waals surface area contributed by atoms with E-state index in [4.69, 9.17) is 4.74 Å². The summed E-state index contributed by atoms with van der Waals surface area (Å²) in [6.07, 6.45) is 7.91. The minimum atomic E-state index is -0.692. The van der Waals surface area contributed by atoms with E-state index >= 15 is 0 Å². The summed E-state index contributed by atoms with van der Waals surface area (Å²) in [5.74, 6) is -0.325. The number of imide groups is 1. The van der Waals surface area contributed by atoms with Crippen LogP contribution >= 0.6 is 0 Å². The maximum atomic E-state index is 12.7. The van der Waals surface area contributed by atoms with E-state index < -0.39 is 5.54 Å². The number of ether oxygens (including phenoxy) is 1. The molecule has 2 saturated carbocycles. The van der Waals surface area contributed by atoms with Crippen molar-refractivity contribution in [1.29, 1.82) is 0 Å². The van der Waals surface area contributed by atoms with Crippen molar-refractivity contribution in [2.24, 2.45) is 5.92 Å². The lowest BCUT2D eigenvalue weighted by Gasteiger charge is -2.30. The molecule has 3 N–H and O–H groups in total. The number of rotatable bonds is 7. The van der Waals surface area contributed by atoms with Crippen molar-refractivity contribution in [2.45, 2.75) is 82.7 Å². The van der Waals surface area contributed by atoms with Gasteiger partial charge in [-0.3, -0.25) is 14.5 Å². The van der Waals surface area contributed by atoms with Crippen LogP contribution in [-0.2, 0) is 14.3 Å². The Morgan fingerprint density at radius 3 is 2.50 bits per heavy atom. The first-order valence-corrected chi connectivity index (χ1v) is 11.3. The number of hydrogen-bond donors (Lipinski definition) is 3. The number of nitrogens with one attached hydrogen (secondary N) is 3. The number of esters is 1. The zero-order valence-electron chi connectivity index (χ0n) is 17.8. The Balaban J connectivity index is 1.32. The van der Waals surface area contributed by atoms with Crippen LogP contribution in [0.2, 0.25) is 0 Å². The van der Waals surface area contributed by atoms with Crippen molar-refractivity contribution in [1.82, 2.24) is 20.9 Å². The summed E-state index contributed by atoms with van der Waals surface area (Å²) in [5.41, 5.74) is -0.692. The Morgan fingerprint density at radius 1 is 1.13 bits per heavy atom. The van der Waals surface area contributed by atoms with E-state index in [0.29, 0.717) is 39.0 Å². The van der Waals surface area contributed by atoms with E-state index in [2.05, 4.69) is 16.0 Å². The van der Waals surface area contributed by atoms with Gasteiger partial charge < -0.3 is 20.7 Å². The summed E-state index contributed by atoms with van der Waals surface area (Å²) < 4.78 is 5.06. The van der Waals surface area contributed by atoms with Crippen molar-refractivity contribution in [3.8, 4) is 0 Å². The molecule has 30 heavy (non-hydrogen) atoms. The topological polar surface area (TPSA) is 117 Å². The molecule has 5 amide bonds. The second-order valence-corrected chi connectivity index (χ2v) is 8.58. The molecule has 3 fully saturated rings. The molecule has 1 heterocycles. The maximum Gasteiger partial charge on any atom is 0.325 e. The Morgan fingerprint density at radius 2 is 1.83 bits per heavy atom. The smallest absolute Gasteiger partial charge is 0.325 e. The van der Waals surface area contributed by atoms with Gasteiger partial charge in [0.25, 0.3) is 5.91 Å². The van der Waals surface area contributed by atoms with Crippen LogP contribution in [0.1, 0.15) is 71.1 Å². The average Bonchev–Trinajstić information content (AvgIpc) is 2.96. The molecule has 1 saturated heterocycles. The quantitative estimate of drug-likeness (QED) is 0.330. The van der Waals surface area contributed by atoms with E-state index in [9.17, 15) is 19.2 Å². The van der Waals surface area contributed by atoms with Gasteiger partial charge in [-0.2, -0.15) is 0 Å². The third kappa shape index (κ3) is 5.23. The molecule has 9 heteroatoms. The standard InChI is InChI=1S/C21H34N4O5/c1-2-30-17(26)15-7-9-16(10-8-15)23-19(28)22-13-6-14-25-18(27)21(24-20(25)29)11-4-3-5-12-21/h15-16H,2-14H2,1H3,(H,24,29)(H2,22,23,28). The minimum absolute atomic E-state index is 0.0489. The highest BCUT2D eigenvalue weighted by Gasteiger charge is 2.50. The minimum Gasteiger partial charge on any atom is -0.466 e. The van der Waals surface area contributed by atoms with Crippen molar-refractivity contribution >= 4 is 23.9 Å². The monoisotopic (exact) mass is 422 g/mol. The summed E-state index contributed by atoms with van der Waals surface area (Å²) >= 11 is 0. The molecule has 0 atom stereocenters. The zero-order valence-corrected chi connectivity index (χ0v) is 17.8. The van der Waals surface area contributed by atoms with Gasteiger partial charge in [0.05, 0.1) is 12.5 Å². The molecular formula is C21H34N4O5. The summed E-state index contributed by atoms with van der Waals surface area (Å²) in [6.45, 7) is 2.88. The lowest BCUT2D eigenvalue weighted by molar-refractivity contribution is -0.149. The molecule has 0 aromatic rings. The van der Waals surface area contributed by atoms with Gasteiger partial charge in [-0.25, -0.2) is 9.59 Å². The van der Waals surface area contributed by atoms with Crippen LogP contribution in [0.4, 0.5) is 9.59 Å². The maximum absolute atomic E-state index is 12.7. The van der Waals surface area contributed by atoms with Gasteiger partial charge in [0.1, 0.15) is 5.54 Å². The zero-order chi connectivity index (χ0) is 21.6. The van der Waals surface area contributed by atoms with E-state index in [0.717, 1.165) is 44.9 Å². The molecule has 3 rings (SSSR count). The first kappa shape index (κ1) is 22.4. The van der Waals surface area contributed by atoms with Crippen molar-refractivity contribution in [3.05, 3.63) is 0 Å². The first-order valence-electron chi connectivity index (χ1n) is 11.3. The number of amides is 5. The highest BCUT2D eigenvalue weighted by molar-refractivity contribution is 6.07. The predicted molar refractivity (Wildman–Crippen MR) is 110 cm³/mol. The van der Waals surface area contributed by atoms with E-state index in [1.807, 2.05) is 0 Å². The lowest BCUT2D eigenvalue weighted by atomic mass is 9.82. The molecule has 0 unspecified atom stereocenters. The molecular weight excluding hydrogens is 388 g/mol. The van der Waals surface area contributed by atoms with Crippen LogP contribution in [0, 0.1) is 5.92 Å². The highest BCUT2D eigenvalue weighted by Crippen LogP contribution is 2.33. The van der Waals surface area contributed by atoms with Gasteiger partial charge in [-0.05, 0) is 51.9 Å². The van der Waals surface area contributed by atoms with Crippen molar-refractivity contribution < 1.29 is 23.9 Å². The van der Waals surface area contributed by atoms with E-state index in [-0.39, 0.29) is 35.9 Å². The fourth-order valence-corrected chi connectivity index (χ4v) is 4.78. The van der Waals surface area contributed by atoms with Crippen LogP contribution < -0.4 is 16.0 Å².